The second-order valence-electron chi connectivity index (χ2n) is 7.78. The summed E-state index contributed by atoms with van der Waals surface area (Å²) in [6.07, 6.45) is 6.05. The first-order valence-corrected chi connectivity index (χ1v) is 12.8. The number of fused-ring (bicyclic) bond motifs is 1. The van der Waals surface area contributed by atoms with Gasteiger partial charge in [0.1, 0.15) is 12.4 Å². The first-order chi connectivity index (χ1) is 11.5. The Hall–Kier alpha value is -0.883. The van der Waals surface area contributed by atoms with E-state index >= 15 is 0 Å². The van der Waals surface area contributed by atoms with E-state index in [4.69, 9.17) is 21.1 Å². The van der Waals surface area contributed by atoms with Gasteiger partial charge < -0.3 is 14.0 Å². The van der Waals surface area contributed by atoms with Crippen molar-refractivity contribution in [3.05, 3.63) is 29.0 Å². The Morgan fingerprint density at radius 3 is 2.79 bits per heavy atom. The van der Waals surface area contributed by atoms with Gasteiger partial charge in [0.2, 0.25) is 0 Å². The van der Waals surface area contributed by atoms with Gasteiger partial charge in [-0.05, 0) is 36.4 Å². The van der Waals surface area contributed by atoms with Crippen molar-refractivity contribution < 1.29 is 9.47 Å². The van der Waals surface area contributed by atoms with Crippen molar-refractivity contribution in [1.82, 2.24) is 9.55 Å². The molecular weight excluding hydrogens is 340 g/mol. The van der Waals surface area contributed by atoms with E-state index in [2.05, 4.69) is 35.4 Å². The third-order valence-electron chi connectivity index (χ3n) is 4.62. The fraction of sp³-hybridized carbons (Fsp3) is 0.611. The Morgan fingerprint density at radius 2 is 2.08 bits per heavy atom. The van der Waals surface area contributed by atoms with E-state index in [0.717, 1.165) is 48.7 Å². The number of pyridine rings is 1. The van der Waals surface area contributed by atoms with Crippen molar-refractivity contribution in [2.24, 2.45) is 0 Å². The van der Waals surface area contributed by atoms with Crippen LogP contribution in [0, 0.1) is 0 Å². The van der Waals surface area contributed by atoms with Crippen LogP contribution in [-0.2, 0) is 16.2 Å². The number of ether oxygens (including phenoxy) is 2. The summed E-state index contributed by atoms with van der Waals surface area (Å²) in [5.41, 5.74) is 2.22. The number of halogens is 1. The van der Waals surface area contributed by atoms with Gasteiger partial charge in [-0.3, -0.25) is 0 Å². The van der Waals surface area contributed by atoms with E-state index in [1.54, 1.807) is 6.20 Å². The zero-order chi connectivity index (χ0) is 17.2. The van der Waals surface area contributed by atoms with Crippen molar-refractivity contribution >= 4 is 30.7 Å². The Bertz CT molecular complexity index is 690. The molecule has 24 heavy (non-hydrogen) atoms. The van der Waals surface area contributed by atoms with Gasteiger partial charge in [-0.1, -0.05) is 31.2 Å². The van der Waals surface area contributed by atoms with Crippen LogP contribution in [-0.4, -0.2) is 37.4 Å². The molecule has 0 amide bonds. The van der Waals surface area contributed by atoms with E-state index in [-0.39, 0.29) is 0 Å². The highest BCUT2D eigenvalue weighted by molar-refractivity contribution is 6.76. The number of hydrogen-bond acceptors (Lipinski definition) is 3. The van der Waals surface area contributed by atoms with Crippen LogP contribution in [0.4, 0.5) is 0 Å². The second-order valence-corrected chi connectivity index (χ2v) is 13.8. The summed E-state index contributed by atoms with van der Waals surface area (Å²) in [6.45, 7) is 10.1. The number of aromatic nitrogens is 2. The standard InChI is InChI=1S/C18H27ClN2O2Si/c1-24(2,3)11-10-23-13-21-12-15(14-5-8-22-9-6-14)17-16(19)4-7-20-18(17)21/h4,7,12,14H,5-6,8-11,13H2,1-3H3. The van der Waals surface area contributed by atoms with Gasteiger partial charge in [0.25, 0.3) is 0 Å². The lowest BCUT2D eigenvalue weighted by Gasteiger charge is -2.21. The summed E-state index contributed by atoms with van der Waals surface area (Å²) >= 11 is 6.50. The molecular formula is C18H27ClN2O2Si. The lowest BCUT2D eigenvalue weighted by atomic mass is 9.92. The molecule has 132 valence electrons. The van der Waals surface area contributed by atoms with E-state index in [1.807, 2.05) is 6.07 Å². The summed E-state index contributed by atoms with van der Waals surface area (Å²) in [6, 6.07) is 3.05. The highest BCUT2D eigenvalue weighted by atomic mass is 35.5. The minimum atomic E-state index is -1.06. The fourth-order valence-corrected chi connectivity index (χ4v) is 4.17. The van der Waals surface area contributed by atoms with Crippen molar-refractivity contribution in [3.63, 3.8) is 0 Å². The van der Waals surface area contributed by atoms with Gasteiger partial charge in [-0.2, -0.15) is 0 Å². The van der Waals surface area contributed by atoms with Crippen LogP contribution in [0.3, 0.4) is 0 Å². The number of nitrogens with zero attached hydrogens (tertiary/aromatic N) is 2. The summed E-state index contributed by atoms with van der Waals surface area (Å²) in [5.74, 6) is 0.492. The molecule has 0 spiro atoms. The molecule has 0 saturated carbocycles. The zero-order valence-corrected chi connectivity index (χ0v) is 16.6. The summed E-state index contributed by atoms with van der Waals surface area (Å²) in [7, 11) is -1.06. The summed E-state index contributed by atoms with van der Waals surface area (Å²) in [4.78, 5) is 4.56. The second kappa shape index (κ2) is 7.56. The van der Waals surface area contributed by atoms with E-state index in [1.165, 1.54) is 11.6 Å². The zero-order valence-electron chi connectivity index (χ0n) is 14.8. The van der Waals surface area contributed by atoms with Gasteiger partial charge in [-0.15, -0.1) is 0 Å². The highest BCUT2D eigenvalue weighted by Gasteiger charge is 2.23. The fourth-order valence-electron chi connectivity index (χ4n) is 3.16. The van der Waals surface area contributed by atoms with Crippen molar-refractivity contribution in [3.8, 4) is 0 Å². The van der Waals surface area contributed by atoms with Crippen LogP contribution < -0.4 is 0 Å². The molecule has 1 aliphatic heterocycles. The molecule has 1 saturated heterocycles. The third-order valence-corrected chi connectivity index (χ3v) is 6.64. The normalized spacial score (nSPS) is 16.8. The average Bonchev–Trinajstić information content (AvgIpc) is 2.92. The quantitative estimate of drug-likeness (QED) is 0.539. The predicted octanol–water partition coefficient (Wildman–Crippen LogP) is 4.90. The average molecular weight is 367 g/mol. The van der Waals surface area contributed by atoms with Gasteiger partial charge in [0, 0.05) is 45.7 Å². The maximum atomic E-state index is 6.50. The van der Waals surface area contributed by atoms with Crippen LogP contribution in [0.5, 0.6) is 0 Å². The van der Waals surface area contributed by atoms with Crippen LogP contribution >= 0.6 is 11.6 Å². The SMILES string of the molecule is C[Si](C)(C)CCOCn1cc(C2CCOCC2)c2c(Cl)ccnc21. The molecule has 0 radical (unpaired) electrons. The molecule has 3 rings (SSSR count). The molecule has 0 N–H and O–H groups in total. The van der Waals surface area contributed by atoms with E-state index < -0.39 is 8.07 Å². The Labute approximate surface area is 150 Å². The van der Waals surface area contributed by atoms with Gasteiger partial charge in [-0.25, -0.2) is 4.98 Å². The monoisotopic (exact) mass is 366 g/mol. The van der Waals surface area contributed by atoms with Gasteiger partial charge in [0.05, 0.1) is 5.02 Å². The Balaban J connectivity index is 1.81. The van der Waals surface area contributed by atoms with Crippen molar-refractivity contribution in [2.75, 3.05) is 19.8 Å². The van der Waals surface area contributed by atoms with E-state index in [0.29, 0.717) is 12.6 Å². The lowest BCUT2D eigenvalue weighted by molar-refractivity contribution is 0.0840. The van der Waals surface area contributed by atoms with Crippen LogP contribution in [0.2, 0.25) is 30.7 Å². The predicted molar refractivity (Wildman–Crippen MR) is 102 cm³/mol. The van der Waals surface area contributed by atoms with Crippen LogP contribution in [0.25, 0.3) is 11.0 Å². The first-order valence-electron chi connectivity index (χ1n) is 8.74. The van der Waals surface area contributed by atoms with Crippen molar-refractivity contribution in [2.45, 2.75) is 51.2 Å². The molecule has 0 bridgehead atoms. The summed E-state index contributed by atoms with van der Waals surface area (Å²) < 4.78 is 13.5. The molecule has 6 heteroatoms. The molecule has 0 aromatic carbocycles. The van der Waals surface area contributed by atoms with Crippen LogP contribution in [0.15, 0.2) is 18.5 Å². The third kappa shape index (κ3) is 4.20. The molecule has 1 fully saturated rings. The van der Waals surface area contributed by atoms with Crippen LogP contribution in [0.1, 0.15) is 24.3 Å². The topological polar surface area (TPSA) is 36.3 Å². The molecule has 2 aromatic rings. The minimum Gasteiger partial charge on any atom is -0.381 e. The van der Waals surface area contributed by atoms with E-state index in [9.17, 15) is 0 Å². The minimum absolute atomic E-state index is 0.492. The van der Waals surface area contributed by atoms with Gasteiger partial charge in [0.15, 0.2) is 0 Å². The Kier molecular flexibility index (Phi) is 5.65. The maximum Gasteiger partial charge on any atom is 0.143 e. The lowest BCUT2D eigenvalue weighted by Crippen LogP contribution is -2.22. The maximum absolute atomic E-state index is 6.50. The Morgan fingerprint density at radius 1 is 1.33 bits per heavy atom. The van der Waals surface area contributed by atoms with Crippen molar-refractivity contribution in [1.29, 1.82) is 0 Å². The first kappa shape index (κ1) is 17.9. The molecule has 4 nitrogen and oxygen atoms in total. The molecule has 0 aliphatic carbocycles. The molecule has 0 atom stereocenters. The molecule has 2 aromatic heterocycles. The highest BCUT2D eigenvalue weighted by Crippen LogP contribution is 2.36. The largest absolute Gasteiger partial charge is 0.381 e. The van der Waals surface area contributed by atoms with Gasteiger partial charge >= 0.3 is 0 Å². The number of hydrogen-bond donors (Lipinski definition) is 0. The molecule has 1 aliphatic rings. The molecule has 3 heterocycles. The molecule has 0 unspecified atom stereocenters. The smallest absolute Gasteiger partial charge is 0.143 e. The number of rotatable bonds is 6. The summed E-state index contributed by atoms with van der Waals surface area (Å²) in [5, 5.41) is 1.86.